The van der Waals surface area contributed by atoms with Crippen molar-refractivity contribution in [2.24, 2.45) is 0 Å². The topological polar surface area (TPSA) is 30.0 Å². The van der Waals surface area contributed by atoms with Crippen LogP contribution in [0.25, 0.3) is 0 Å². The second-order valence-electron chi connectivity index (χ2n) is 5.31. The van der Waals surface area contributed by atoms with E-state index in [-0.39, 0.29) is 5.56 Å². The third-order valence-corrected chi connectivity index (χ3v) is 3.76. The van der Waals surface area contributed by atoms with Gasteiger partial charge in [-0.25, -0.2) is 8.78 Å². The van der Waals surface area contributed by atoms with Gasteiger partial charge >= 0.3 is 0 Å². The van der Waals surface area contributed by atoms with Crippen LogP contribution in [0.4, 0.5) is 8.78 Å². The van der Waals surface area contributed by atoms with E-state index in [0.717, 1.165) is 23.3 Å². The predicted octanol–water partition coefficient (Wildman–Crippen LogP) is 4.84. The predicted molar refractivity (Wildman–Crippen MR) is 88.3 cm³/mol. The lowest BCUT2D eigenvalue weighted by Gasteiger charge is -2.07. The molecule has 5 heteroatoms. The second-order valence-corrected chi connectivity index (χ2v) is 5.75. The van der Waals surface area contributed by atoms with E-state index in [4.69, 9.17) is 11.6 Å². The van der Waals surface area contributed by atoms with E-state index in [1.807, 2.05) is 6.07 Å². The molecule has 0 N–H and O–H groups in total. The summed E-state index contributed by atoms with van der Waals surface area (Å²) in [6.07, 6.45) is 3.72. The summed E-state index contributed by atoms with van der Waals surface area (Å²) in [5, 5.41) is 0.521. The molecule has 2 nitrogen and oxygen atoms in total. The summed E-state index contributed by atoms with van der Waals surface area (Å²) in [6.45, 7) is 0. The van der Waals surface area contributed by atoms with Crippen LogP contribution in [0.2, 0.25) is 5.02 Å². The highest BCUT2D eigenvalue weighted by molar-refractivity contribution is 6.30. The summed E-state index contributed by atoms with van der Waals surface area (Å²) in [7, 11) is 0. The smallest absolute Gasteiger partial charge is 0.198 e. The van der Waals surface area contributed by atoms with Gasteiger partial charge in [0.25, 0.3) is 0 Å². The van der Waals surface area contributed by atoms with Gasteiger partial charge in [0, 0.05) is 18.0 Å². The number of hydrogen-bond acceptors (Lipinski definition) is 2. The Labute approximate surface area is 142 Å². The third kappa shape index (κ3) is 3.49. The van der Waals surface area contributed by atoms with Crippen molar-refractivity contribution in [3.8, 4) is 0 Å². The van der Waals surface area contributed by atoms with Gasteiger partial charge in [0.2, 0.25) is 0 Å². The van der Waals surface area contributed by atoms with E-state index >= 15 is 0 Å². The number of hydrogen-bond donors (Lipinski definition) is 0. The van der Waals surface area contributed by atoms with Crippen molar-refractivity contribution in [1.29, 1.82) is 0 Å². The number of benzene rings is 2. The van der Waals surface area contributed by atoms with E-state index < -0.39 is 23.0 Å². The molecule has 1 heterocycles. The van der Waals surface area contributed by atoms with Crippen LogP contribution in [0.15, 0.2) is 60.9 Å². The Kier molecular flexibility index (Phi) is 4.67. The summed E-state index contributed by atoms with van der Waals surface area (Å²) in [4.78, 5) is 16.4. The normalized spacial score (nSPS) is 10.6. The summed E-state index contributed by atoms with van der Waals surface area (Å²) in [6, 6.07) is 11.8. The largest absolute Gasteiger partial charge is 0.288 e. The Balaban J connectivity index is 1.92. The Bertz CT molecular complexity index is 891. The number of nitrogens with zero attached hydrogens (tertiary/aromatic N) is 1. The summed E-state index contributed by atoms with van der Waals surface area (Å²) in [5.41, 5.74) is 1.39. The number of pyridine rings is 1. The number of ketones is 1. The molecule has 0 unspecified atom stereocenters. The fourth-order valence-electron chi connectivity index (χ4n) is 2.47. The fraction of sp³-hybridized carbons (Fsp3) is 0.0526. The summed E-state index contributed by atoms with van der Waals surface area (Å²) in [5.74, 6) is -2.43. The van der Waals surface area contributed by atoms with Crippen LogP contribution >= 0.6 is 11.6 Å². The SMILES string of the molecule is O=C(c1cccc(Cc2cncc(Cl)c2)c1)c1c(F)cccc1F. The molecule has 0 spiro atoms. The quantitative estimate of drug-likeness (QED) is 0.635. The fourth-order valence-corrected chi connectivity index (χ4v) is 2.67. The van der Waals surface area contributed by atoms with E-state index in [9.17, 15) is 13.6 Å². The Morgan fingerprint density at radius 3 is 2.38 bits per heavy atom. The minimum atomic E-state index is -0.871. The number of aromatic nitrogens is 1. The van der Waals surface area contributed by atoms with Crippen molar-refractivity contribution in [3.05, 3.63) is 99.8 Å². The molecule has 3 rings (SSSR count). The molecule has 120 valence electrons. The minimum absolute atomic E-state index is 0.228. The van der Waals surface area contributed by atoms with E-state index in [1.165, 1.54) is 18.3 Å². The van der Waals surface area contributed by atoms with Gasteiger partial charge in [-0.15, -0.1) is 0 Å². The molecular formula is C19H12ClF2NO. The number of carbonyl (C=O) groups excluding carboxylic acids is 1. The van der Waals surface area contributed by atoms with Gasteiger partial charge < -0.3 is 0 Å². The Hall–Kier alpha value is -2.59. The maximum absolute atomic E-state index is 13.8. The lowest BCUT2D eigenvalue weighted by molar-refractivity contribution is 0.103. The standard InChI is InChI=1S/C19H12ClF2NO/c20-15-9-13(10-23-11-15)7-12-3-1-4-14(8-12)19(24)18-16(21)5-2-6-17(18)22/h1-6,8-11H,7H2. The van der Waals surface area contributed by atoms with Crippen LogP contribution in [0.5, 0.6) is 0 Å². The Morgan fingerprint density at radius 2 is 1.67 bits per heavy atom. The highest BCUT2D eigenvalue weighted by Crippen LogP contribution is 2.19. The lowest BCUT2D eigenvalue weighted by atomic mass is 9.98. The molecule has 2 aromatic carbocycles. The highest BCUT2D eigenvalue weighted by Gasteiger charge is 2.18. The van der Waals surface area contributed by atoms with Crippen molar-refractivity contribution in [2.75, 3.05) is 0 Å². The monoisotopic (exact) mass is 343 g/mol. The molecule has 0 aliphatic carbocycles. The van der Waals surface area contributed by atoms with Gasteiger partial charge in [-0.1, -0.05) is 35.9 Å². The van der Waals surface area contributed by atoms with Crippen molar-refractivity contribution >= 4 is 17.4 Å². The number of carbonyl (C=O) groups is 1. The first-order valence-electron chi connectivity index (χ1n) is 7.21. The van der Waals surface area contributed by atoms with Gasteiger partial charge in [-0.05, 0) is 41.8 Å². The van der Waals surface area contributed by atoms with Crippen molar-refractivity contribution in [1.82, 2.24) is 4.98 Å². The van der Waals surface area contributed by atoms with E-state index in [0.29, 0.717) is 11.4 Å². The van der Waals surface area contributed by atoms with Crippen molar-refractivity contribution < 1.29 is 13.6 Å². The average Bonchev–Trinajstić information content (AvgIpc) is 2.55. The molecule has 0 atom stereocenters. The van der Waals surface area contributed by atoms with Gasteiger partial charge in [0.1, 0.15) is 11.6 Å². The molecule has 0 amide bonds. The molecule has 0 aliphatic rings. The first-order valence-corrected chi connectivity index (χ1v) is 7.59. The van der Waals surface area contributed by atoms with Crippen molar-refractivity contribution in [3.63, 3.8) is 0 Å². The van der Waals surface area contributed by atoms with Crippen LogP contribution in [-0.2, 0) is 6.42 Å². The zero-order chi connectivity index (χ0) is 17.1. The van der Waals surface area contributed by atoms with Gasteiger partial charge in [0.15, 0.2) is 5.78 Å². The molecule has 0 saturated heterocycles. The molecule has 24 heavy (non-hydrogen) atoms. The van der Waals surface area contributed by atoms with Crippen LogP contribution in [0.3, 0.4) is 0 Å². The molecule has 0 aliphatic heterocycles. The number of rotatable bonds is 4. The molecule has 0 fully saturated rings. The summed E-state index contributed by atoms with van der Waals surface area (Å²) >= 11 is 5.91. The third-order valence-electron chi connectivity index (χ3n) is 3.55. The molecule has 0 bridgehead atoms. The highest BCUT2D eigenvalue weighted by atomic mass is 35.5. The zero-order valence-corrected chi connectivity index (χ0v) is 13.2. The maximum atomic E-state index is 13.8. The first kappa shape index (κ1) is 16.3. The number of halogens is 3. The first-order chi connectivity index (χ1) is 11.5. The zero-order valence-electron chi connectivity index (χ0n) is 12.5. The van der Waals surface area contributed by atoms with Gasteiger partial charge in [-0.3, -0.25) is 9.78 Å². The van der Waals surface area contributed by atoms with Gasteiger partial charge in [-0.2, -0.15) is 0 Å². The van der Waals surface area contributed by atoms with Crippen LogP contribution in [0.1, 0.15) is 27.0 Å². The van der Waals surface area contributed by atoms with Crippen molar-refractivity contribution in [2.45, 2.75) is 6.42 Å². The average molecular weight is 344 g/mol. The van der Waals surface area contributed by atoms with Crippen LogP contribution < -0.4 is 0 Å². The maximum Gasteiger partial charge on any atom is 0.198 e. The van der Waals surface area contributed by atoms with Crippen LogP contribution in [0, 0.1) is 11.6 Å². The molecule has 3 aromatic rings. The Morgan fingerprint density at radius 1 is 0.958 bits per heavy atom. The molecule has 0 radical (unpaired) electrons. The molecular weight excluding hydrogens is 332 g/mol. The summed E-state index contributed by atoms with van der Waals surface area (Å²) < 4.78 is 27.6. The second kappa shape index (κ2) is 6.89. The van der Waals surface area contributed by atoms with Gasteiger partial charge in [0.05, 0.1) is 10.6 Å². The van der Waals surface area contributed by atoms with E-state index in [2.05, 4.69) is 4.98 Å². The lowest BCUT2D eigenvalue weighted by Crippen LogP contribution is -2.08. The molecule has 0 saturated carbocycles. The molecule has 1 aromatic heterocycles. The minimum Gasteiger partial charge on any atom is -0.288 e. The van der Waals surface area contributed by atoms with Crippen LogP contribution in [-0.4, -0.2) is 10.8 Å². The van der Waals surface area contributed by atoms with E-state index in [1.54, 1.807) is 24.4 Å².